The van der Waals surface area contributed by atoms with E-state index in [9.17, 15) is 10.1 Å². The molecular weight excluding hydrogens is 376 g/mol. The Morgan fingerprint density at radius 3 is 2.93 bits per heavy atom. The lowest BCUT2D eigenvalue weighted by molar-refractivity contribution is 0.0974. The van der Waals surface area contributed by atoms with Gasteiger partial charge in [-0.2, -0.15) is 10.4 Å². The number of aromatic nitrogens is 4. The summed E-state index contributed by atoms with van der Waals surface area (Å²) in [7, 11) is 1.82. The SMILES string of the molecule is Cc1cc(N2CCCC2CC(=O)c2cnn(C)c2)n2c(nc3ccccc32)c1C#N. The highest BCUT2D eigenvalue weighted by molar-refractivity contribution is 5.96. The van der Waals surface area contributed by atoms with E-state index >= 15 is 0 Å². The Labute approximate surface area is 174 Å². The zero-order valence-corrected chi connectivity index (χ0v) is 17.0. The van der Waals surface area contributed by atoms with Crippen LogP contribution in [0.5, 0.6) is 0 Å². The van der Waals surface area contributed by atoms with Gasteiger partial charge in [-0.1, -0.05) is 12.1 Å². The summed E-state index contributed by atoms with van der Waals surface area (Å²) in [5.74, 6) is 1.11. The van der Waals surface area contributed by atoms with Crippen molar-refractivity contribution in [1.29, 1.82) is 5.26 Å². The lowest BCUT2D eigenvalue weighted by Gasteiger charge is -2.28. The molecule has 0 aliphatic carbocycles. The van der Waals surface area contributed by atoms with Crippen LogP contribution in [0.4, 0.5) is 5.82 Å². The fourth-order valence-corrected chi connectivity index (χ4v) is 4.53. The molecule has 0 saturated carbocycles. The number of fused-ring (bicyclic) bond motifs is 3. The first-order valence-electron chi connectivity index (χ1n) is 10.2. The van der Waals surface area contributed by atoms with Gasteiger partial charge in [0.2, 0.25) is 0 Å². The van der Waals surface area contributed by atoms with Crippen LogP contribution in [0.3, 0.4) is 0 Å². The number of imidazole rings is 1. The van der Waals surface area contributed by atoms with Crippen LogP contribution in [0, 0.1) is 18.3 Å². The van der Waals surface area contributed by atoms with Crippen molar-refractivity contribution in [3.63, 3.8) is 0 Å². The average Bonchev–Trinajstić information content (AvgIpc) is 3.45. The molecule has 1 aliphatic rings. The highest BCUT2D eigenvalue weighted by Crippen LogP contribution is 2.33. The number of carbonyl (C=O) groups is 1. The summed E-state index contributed by atoms with van der Waals surface area (Å²) >= 11 is 0. The van der Waals surface area contributed by atoms with Gasteiger partial charge in [0, 0.05) is 32.3 Å². The zero-order valence-electron chi connectivity index (χ0n) is 17.0. The Kier molecular flexibility index (Phi) is 4.28. The van der Waals surface area contributed by atoms with Gasteiger partial charge >= 0.3 is 0 Å². The van der Waals surface area contributed by atoms with Crippen LogP contribution in [-0.2, 0) is 7.05 Å². The van der Waals surface area contributed by atoms with E-state index in [-0.39, 0.29) is 11.8 Å². The smallest absolute Gasteiger partial charge is 0.168 e. The summed E-state index contributed by atoms with van der Waals surface area (Å²) in [5.41, 5.74) is 4.67. The number of benzene rings is 1. The molecule has 7 heteroatoms. The first kappa shape index (κ1) is 18.4. The molecule has 1 fully saturated rings. The minimum absolute atomic E-state index is 0.106. The number of aryl methyl sites for hydroxylation is 2. The van der Waals surface area contributed by atoms with E-state index in [4.69, 9.17) is 4.98 Å². The molecular formula is C23H22N6O. The monoisotopic (exact) mass is 398 g/mol. The maximum atomic E-state index is 12.8. The third kappa shape index (κ3) is 2.84. The molecule has 4 heterocycles. The fraction of sp³-hybridized carbons (Fsp3) is 0.304. The van der Waals surface area contributed by atoms with Crippen LogP contribution in [0.15, 0.2) is 42.7 Å². The molecule has 1 unspecified atom stereocenters. The number of rotatable bonds is 4. The molecule has 0 spiro atoms. The van der Waals surface area contributed by atoms with Crippen molar-refractivity contribution in [3.8, 4) is 6.07 Å². The van der Waals surface area contributed by atoms with Gasteiger partial charge in [-0.15, -0.1) is 0 Å². The molecule has 30 heavy (non-hydrogen) atoms. The van der Waals surface area contributed by atoms with Crippen LogP contribution in [0.1, 0.15) is 40.7 Å². The molecule has 1 aromatic carbocycles. The molecule has 3 aromatic heterocycles. The second-order valence-electron chi connectivity index (χ2n) is 7.95. The summed E-state index contributed by atoms with van der Waals surface area (Å²) < 4.78 is 3.73. The van der Waals surface area contributed by atoms with Gasteiger partial charge < -0.3 is 4.90 Å². The molecule has 7 nitrogen and oxygen atoms in total. The van der Waals surface area contributed by atoms with Crippen molar-refractivity contribution < 1.29 is 4.79 Å². The van der Waals surface area contributed by atoms with Crippen molar-refractivity contribution >= 4 is 28.3 Å². The van der Waals surface area contributed by atoms with Gasteiger partial charge in [0.15, 0.2) is 11.4 Å². The normalized spacial score (nSPS) is 16.4. The van der Waals surface area contributed by atoms with Gasteiger partial charge in [0.25, 0.3) is 0 Å². The number of hydrogen-bond donors (Lipinski definition) is 0. The van der Waals surface area contributed by atoms with Crippen molar-refractivity contribution in [2.45, 2.75) is 32.2 Å². The van der Waals surface area contributed by atoms with E-state index in [2.05, 4.69) is 26.5 Å². The highest BCUT2D eigenvalue weighted by Gasteiger charge is 2.30. The van der Waals surface area contributed by atoms with Crippen LogP contribution in [-0.4, -0.2) is 37.5 Å². The molecule has 0 bridgehead atoms. The second kappa shape index (κ2) is 6.99. The van der Waals surface area contributed by atoms with Gasteiger partial charge in [-0.3, -0.25) is 13.9 Å². The van der Waals surface area contributed by atoms with E-state index in [1.54, 1.807) is 17.1 Å². The minimum Gasteiger partial charge on any atom is -0.354 e. The number of carbonyl (C=O) groups excluding carboxylic acids is 1. The molecule has 5 rings (SSSR count). The third-order valence-electron chi connectivity index (χ3n) is 5.98. The molecule has 0 N–H and O–H groups in total. The number of nitriles is 1. The summed E-state index contributed by atoms with van der Waals surface area (Å²) in [6.07, 6.45) is 5.83. The Morgan fingerprint density at radius 1 is 1.33 bits per heavy atom. The number of pyridine rings is 1. The molecule has 1 saturated heterocycles. The van der Waals surface area contributed by atoms with Crippen molar-refractivity contribution in [2.24, 2.45) is 7.05 Å². The van der Waals surface area contributed by atoms with Crippen LogP contribution in [0.2, 0.25) is 0 Å². The van der Waals surface area contributed by atoms with Crippen LogP contribution in [0.25, 0.3) is 16.7 Å². The van der Waals surface area contributed by atoms with Crippen molar-refractivity contribution in [1.82, 2.24) is 19.2 Å². The predicted molar refractivity (Wildman–Crippen MR) is 115 cm³/mol. The number of nitrogens with zero attached hydrogens (tertiary/aromatic N) is 6. The number of hydrogen-bond acceptors (Lipinski definition) is 5. The Hall–Kier alpha value is -3.66. The van der Waals surface area contributed by atoms with Crippen LogP contribution < -0.4 is 4.90 Å². The third-order valence-corrected chi connectivity index (χ3v) is 5.98. The fourth-order valence-electron chi connectivity index (χ4n) is 4.53. The molecule has 4 aromatic rings. The van der Waals surface area contributed by atoms with Crippen LogP contribution >= 0.6 is 0 Å². The van der Waals surface area contributed by atoms with E-state index in [1.807, 2.05) is 38.2 Å². The van der Waals surface area contributed by atoms with Crippen molar-refractivity contribution in [3.05, 3.63) is 59.4 Å². The average molecular weight is 398 g/mol. The second-order valence-corrected chi connectivity index (χ2v) is 7.95. The van der Waals surface area contributed by atoms with Gasteiger partial charge in [-0.05, 0) is 43.5 Å². The maximum Gasteiger partial charge on any atom is 0.168 e. The first-order valence-corrected chi connectivity index (χ1v) is 10.2. The van der Waals surface area contributed by atoms with E-state index in [0.717, 1.165) is 41.8 Å². The lowest BCUT2D eigenvalue weighted by Crippen LogP contribution is -2.32. The summed E-state index contributed by atoms with van der Waals surface area (Å²) in [4.78, 5) is 19.9. The molecule has 1 aliphatic heterocycles. The molecule has 150 valence electrons. The van der Waals surface area contributed by atoms with Crippen molar-refractivity contribution in [2.75, 3.05) is 11.4 Å². The van der Waals surface area contributed by atoms with Gasteiger partial charge in [0.05, 0.1) is 28.4 Å². The Balaban J connectivity index is 1.61. The van der Waals surface area contributed by atoms with Gasteiger partial charge in [0.1, 0.15) is 11.9 Å². The topological polar surface area (TPSA) is 79.2 Å². The summed E-state index contributed by atoms with van der Waals surface area (Å²) in [6.45, 7) is 2.82. The van der Waals surface area contributed by atoms with Gasteiger partial charge in [-0.25, -0.2) is 4.98 Å². The number of anilines is 1. The molecule has 0 amide bonds. The maximum absolute atomic E-state index is 12.8. The standard InChI is InChI=1S/C23H22N6O/c1-15-10-22(29-20-8-4-3-7-19(20)26-23(29)18(15)12-24)28-9-5-6-17(28)11-21(30)16-13-25-27(2)14-16/h3-4,7-8,10,13-14,17H,5-6,9,11H2,1-2H3. The molecule has 0 radical (unpaired) electrons. The highest BCUT2D eigenvalue weighted by atomic mass is 16.1. The quantitative estimate of drug-likeness (QED) is 0.490. The largest absolute Gasteiger partial charge is 0.354 e. The first-order chi connectivity index (χ1) is 14.6. The number of ketones is 1. The Bertz CT molecular complexity index is 1320. The summed E-state index contributed by atoms with van der Waals surface area (Å²) in [5, 5.41) is 13.9. The predicted octanol–water partition coefficient (Wildman–Crippen LogP) is 3.64. The Morgan fingerprint density at radius 2 is 2.17 bits per heavy atom. The minimum atomic E-state index is 0.106. The van der Waals surface area contributed by atoms with E-state index in [1.165, 1.54) is 0 Å². The lowest BCUT2D eigenvalue weighted by atomic mass is 10.0. The van der Waals surface area contributed by atoms with E-state index < -0.39 is 0 Å². The molecule has 1 atom stereocenters. The number of Topliss-reactive ketones (excluding diaryl/α,β-unsaturated/α-hetero) is 1. The van der Waals surface area contributed by atoms with E-state index in [0.29, 0.717) is 23.2 Å². The zero-order chi connectivity index (χ0) is 20.8. The summed E-state index contributed by atoms with van der Waals surface area (Å²) in [6, 6.07) is 12.4. The number of para-hydroxylation sites is 2.